The minimum absolute atomic E-state index is 0.0219. The number of benzene rings is 1. The molecule has 0 spiro atoms. The van der Waals surface area contributed by atoms with Gasteiger partial charge in [-0.1, -0.05) is 11.8 Å². The van der Waals surface area contributed by atoms with Crippen LogP contribution in [0.3, 0.4) is 0 Å². The second kappa shape index (κ2) is 5.40. The van der Waals surface area contributed by atoms with E-state index in [2.05, 4.69) is 10.2 Å². The van der Waals surface area contributed by atoms with Crippen molar-refractivity contribution in [1.29, 1.82) is 0 Å². The van der Waals surface area contributed by atoms with Gasteiger partial charge in [0.25, 0.3) is 0 Å². The van der Waals surface area contributed by atoms with Crippen LogP contribution in [0.2, 0.25) is 0 Å². The summed E-state index contributed by atoms with van der Waals surface area (Å²) in [6, 6.07) is 3.30. The van der Waals surface area contributed by atoms with Gasteiger partial charge >= 0.3 is 0 Å². The van der Waals surface area contributed by atoms with E-state index in [1.54, 1.807) is 18.5 Å². The first-order chi connectivity index (χ1) is 8.99. The Hall–Kier alpha value is -1.89. The number of hydrogen-bond donors (Lipinski definition) is 1. The van der Waals surface area contributed by atoms with Gasteiger partial charge < -0.3 is 9.67 Å². The molecule has 0 aliphatic carbocycles. The number of aromatic hydroxyl groups is 1. The SMILES string of the molecule is Cc1nnc(SCC(=O)c2cc(F)ccc2O)n1C. The van der Waals surface area contributed by atoms with Gasteiger partial charge in [0.15, 0.2) is 10.9 Å². The summed E-state index contributed by atoms with van der Waals surface area (Å²) in [5, 5.41) is 17.9. The zero-order valence-electron chi connectivity index (χ0n) is 10.4. The van der Waals surface area contributed by atoms with Crippen LogP contribution < -0.4 is 0 Å². The third-order valence-corrected chi connectivity index (χ3v) is 3.66. The molecule has 100 valence electrons. The predicted octanol–water partition coefficient (Wildman–Crippen LogP) is 1.94. The topological polar surface area (TPSA) is 68.0 Å². The highest BCUT2D eigenvalue weighted by atomic mass is 32.2. The van der Waals surface area contributed by atoms with Crippen molar-refractivity contribution in [3.8, 4) is 5.75 Å². The molecule has 0 atom stereocenters. The standard InChI is InChI=1S/C12H12FN3O2S/c1-7-14-15-12(16(7)2)19-6-11(18)9-5-8(13)3-4-10(9)17/h3-5,17H,6H2,1-2H3. The number of phenols is 1. The van der Waals surface area contributed by atoms with Crippen molar-refractivity contribution < 1.29 is 14.3 Å². The minimum atomic E-state index is -0.555. The molecule has 0 saturated heterocycles. The van der Waals surface area contributed by atoms with Gasteiger partial charge in [-0.25, -0.2) is 4.39 Å². The van der Waals surface area contributed by atoms with E-state index in [9.17, 15) is 14.3 Å². The second-order valence-electron chi connectivity index (χ2n) is 3.96. The third-order valence-electron chi connectivity index (χ3n) is 2.64. The average Bonchev–Trinajstić information content (AvgIpc) is 2.70. The molecule has 0 fully saturated rings. The fourth-order valence-electron chi connectivity index (χ4n) is 1.45. The monoisotopic (exact) mass is 281 g/mol. The molecule has 1 heterocycles. The van der Waals surface area contributed by atoms with Crippen molar-refractivity contribution >= 4 is 17.5 Å². The van der Waals surface area contributed by atoms with E-state index < -0.39 is 5.82 Å². The van der Waals surface area contributed by atoms with Gasteiger partial charge in [0.1, 0.15) is 17.4 Å². The molecular weight excluding hydrogens is 269 g/mol. The highest BCUT2D eigenvalue weighted by Crippen LogP contribution is 2.22. The number of hydrogen-bond acceptors (Lipinski definition) is 5. The lowest BCUT2D eigenvalue weighted by Crippen LogP contribution is -2.05. The van der Waals surface area contributed by atoms with Crippen LogP contribution >= 0.6 is 11.8 Å². The number of rotatable bonds is 4. The van der Waals surface area contributed by atoms with Gasteiger partial charge in [0.2, 0.25) is 0 Å². The maximum atomic E-state index is 13.0. The molecule has 0 unspecified atom stereocenters. The fourth-order valence-corrected chi connectivity index (χ4v) is 2.29. The van der Waals surface area contributed by atoms with E-state index in [0.717, 1.165) is 18.0 Å². The van der Waals surface area contributed by atoms with E-state index in [-0.39, 0.29) is 22.8 Å². The number of carbonyl (C=O) groups excluding carboxylic acids is 1. The van der Waals surface area contributed by atoms with E-state index in [1.165, 1.54) is 17.8 Å². The summed E-state index contributed by atoms with van der Waals surface area (Å²) in [5.41, 5.74) is -0.0219. The highest BCUT2D eigenvalue weighted by molar-refractivity contribution is 7.99. The Morgan fingerprint density at radius 1 is 1.47 bits per heavy atom. The average molecular weight is 281 g/mol. The molecule has 1 aromatic heterocycles. The minimum Gasteiger partial charge on any atom is -0.507 e. The molecule has 1 aromatic carbocycles. The van der Waals surface area contributed by atoms with Gasteiger partial charge in [-0.3, -0.25) is 4.79 Å². The third kappa shape index (κ3) is 2.93. The Bertz CT molecular complexity index is 627. The summed E-state index contributed by atoms with van der Waals surface area (Å²) in [6.45, 7) is 1.80. The molecule has 0 amide bonds. The number of ketones is 1. The Morgan fingerprint density at radius 3 is 2.84 bits per heavy atom. The van der Waals surface area contributed by atoms with E-state index >= 15 is 0 Å². The van der Waals surface area contributed by atoms with Crippen molar-refractivity contribution in [2.75, 3.05) is 5.75 Å². The van der Waals surface area contributed by atoms with Crippen LogP contribution in [0.4, 0.5) is 4.39 Å². The molecule has 0 saturated carbocycles. The lowest BCUT2D eigenvalue weighted by atomic mass is 10.1. The van der Waals surface area contributed by atoms with Crippen molar-refractivity contribution in [3.05, 3.63) is 35.4 Å². The first-order valence-corrected chi connectivity index (χ1v) is 6.48. The lowest BCUT2D eigenvalue weighted by molar-refractivity contribution is 0.101. The quantitative estimate of drug-likeness (QED) is 0.685. The highest BCUT2D eigenvalue weighted by Gasteiger charge is 2.14. The number of carbonyl (C=O) groups is 1. The number of phenolic OH excluding ortho intramolecular Hbond substituents is 1. The zero-order chi connectivity index (χ0) is 14.0. The Labute approximate surface area is 113 Å². The maximum absolute atomic E-state index is 13.0. The number of thioether (sulfide) groups is 1. The Morgan fingerprint density at radius 2 is 2.21 bits per heavy atom. The zero-order valence-corrected chi connectivity index (χ0v) is 11.2. The molecule has 0 radical (unpaired) electrons. The van der Waals surface area contributed by atoms with Crippen LogP contribution in [-0.2, 0) is 7.05 Å². The molecule has 2 rings (SSSR count). The van der Waals surface area contributed by atoms with Crippen LogP contribution in [-0.4, -0.2) is 31.4 Å². The first-order valence-electron chi connectivity index (χ1n) is 5.49. The van der Waals surface area contributed by atoms with Gasteiger partial charge in [-0.15, -0.1) is 10.2 Å². The van der Waals surface area contributed by atoms with Gasteiger partial charge in [0.05, 0.1) is 11.3 Å². The van der Waals surface area contributed by atoms with Crippen LogP contribution in [0.1, 0.15) is 16.2 Å². The van der Waals surface area contributed by atoms with Crippen LogP contribution in [0.5, 0.6) is 5.75 Å². The molecule has 19 heavy (non-hydrogen) atoms. The van der Waals surface area contributed by atoms with E-state index in [0.29, 0.717) is 5.16 Å². The predicted molar refractivity (Wildman–Crippen MR) is 68.9 cm³/mol. The Kier molecular flexibility index (Phi) is 3.84. The number of aromatic nitrogens is 3. The molecule has 5 nitrogen and oxygen atoms in total. The van der Waals surface area contributed by atoms with Crippen LogP contribution in [0, 0.1) is 12.7 Å². The van der Waals surface area contributed by atoms with Crippen LogP contribution in [0.15, 0.2) is 23.4 Å². The van der Waals surface area contributed by atoms with E-state index in [1.807, 2.05) is 0 Å². The largest absolute Gasteiger partial charge is 0.507 e. The summed E-state index contributed by atoms with van der Waals surface area (Å²) >= 11 is 1.19. The number of aryl methyl sites for hydroxylation is 1. The lowest BCUT2D eigenvalue weighted by Gasteiger charge is -2.04. The molecule has 0 aliphatic heterocycles. The van der Waals surface area contributed by atoms with Crippen LogP contribution in [0.25, 0.3) is 0 Å². The van der Waals surface area contributed by atoms with Gasteiger partial charge in [-0.2, -0.15) is 0 Å². The summed E-state index contributed by atoms with van der Waals surface area (Å²) in [6.07, 6.45) is 0. The summed E-state index contributed by atoms with van der Waals surface area (Å²) < 4.78 is 14.8. The van der Waals surface area contributed by atoms with Gasteiger partial charge in [-0.05, 0) is 25.1 Å². The molecule has 0 aliphatic rings. The molecular formula is C12H12FN3O2S. The Balaban J connectivity index is 2.09. The number of Topliss-reactive ketones (excluding diaryl/α,β-unsaturated/α-hetero) is 1. The molecule has 7 heteroatoms. The van der Waals surface area contributed by atoms with Crippen molar-refractivity contribution in [2.24, 2.45) is 7.05 Å². The normalized spacial score (nSPS) is 10.7. The number of nitrogens with zero attached hydrogens (tertiary/aromatic N) is 3. The van der Waals surface area contributed by atoms with Gasteiger partial charge in [0, 0.05) is 7.05 Å². The van der Waals surface area contributed by atoms with Crippen molar-refractivity contribution in [1.82, 2.24) is 14.8 Å². The summed E-state index contributed by atoms with van der Waals surface area (Å²) in [5.74, 6) is -0.337. The second-order valence-corrected chi connectivity index (χ2v) is 4.90. The first kappa shape index (κ1) is 13.5. The maximum Gasteiger partial charge on any atom is 0.191 e. The van der Waals surface area contributed by atoms with Crippen molar-refractivity contribution in [3.63, 3.8) is 0 Å². The number of halogens is 1. The molecule has 1 N–H and O–H groups in total. The fraction of sp³-hybridized carbons (Fsp3) is 0.250. The summed E-state index contributed by atoms with van der Waals surface area (Å²) in [4.78, 5) is 11.9. The smallest absolute Gasteiger partial charge is 0.191 e. The molecule has 0 bridgehead atoms. The summed E-state index contributed by atoms with van der Waals surface area (Å²) in [7, 11) is 1.79. The van der Waals surface area contributed by atoms with Crippen molar-refractivity contribution in [2.45, 2.75) is 12.1 Å². The molecule has 2 aromatic rings. The van der Waals surface area contributed by atoms with E-state index in [4.69, 9.17) is 0 Å².